The van der Waals surface area contributed by atoms with Crippen molar-refractivity contribution in [2.75, 3.05) is 0 Å². The summed E-state index contributed by atoms with van der Waals surface area (Å²) in [6.45, 7) is 0. The van der Waals surface area contributed by atoms with Gasteiger partial charge in [-0.2, -0.15) is 0 Å². The monoisotopic (exact) mass is 292 g/mol. The highest BCUT2D eigenvalue weighted by Crippen LogP contribution is 2.39. The molecule has 0 unspecified atom stereocenters. The van der Waals surface area contributed by atoms with Crippen LogP contribution < -0.4 is 0 Å². The largest absolute Gasteiger partial charge is 0.481 e. The topological polar surface area (TPSA) is 55.1 Å². The van der Waals surface area contributed by atoms with E-state index in [2.05, 4.69) is 9.55 Å². The van der Waals surface area contributed by atoms with Gasteiger partial charge in [0.15, 0.2) is 0 Å². The number of benzene rings is 1. The van der Waals surface area contributed by atoms with Crippen LogP contribution in [-0.2, 0) is 11.2 Å². The predicted molar refractivity (Wildman–Crippen MR) is 78.2 cm³/mol. The van der Waals surface area contributed by atoms with Crippen molar-refractivity contribution in [3.8, 4) is 0 Å². The van der Waals surface area contributed by atoms with Crippen molar-refractivity contribution >= 4 is 28.6 Å². The summed E-state index contributed by atoms with van der Waals surface area (Å²) in [7, 11) is 0. The number of carboxylic acids is 1. The van der Waals surface area contributed by atoms with E-state index in [0.29, 0.717) is 17.5 Å². The maximum atomic E-state index is 10.5. The van der Waals surface area contributed by atoms with E-state index in [1.54, 1.807) is 0 Å². The van der Waals surface area contributed by atoms with E-state index in [-0.39, 0.29) is 6.42 Å². The first-order valence-corrected chi connectivity index (χ1v) is 7.41. The van der Waals surface area contributed by atoms with Gasteiger partial charge in [-0.25, -0.2) is 4.98 Å². The molecule has 1 aliphatic rings. The molecule has 1 saturated carbocycles. The third-order valence-corrected chi connectivity index (χ3v) is 3.91. The molecule has 0 bridgehead atoms. The van der Waals surface area contributed by atoms with Gasteiger partial charge in [0.25, 0.3) is 0 Å². The van der Waals surface area contributed by atoms with Crippen LogP contribution in [0.5, 0.6) is 0 Å². The lowest BCUT2D eigenvalue weighted by Crippen LogP contribution is -2.02. The van der Waals surface area contributed by atoms with Crippen LogP contribution in [-0.4, -0.2) is 20.6 Å². The molecule has 1 N–H and O–H groups in total. The molecule has 1 fully saturated rings. The van der Waals surface area contributed by atoms with Gasteiger partial charge >= 0.3 is 5.97 Å². The van der Waals surface area contributed by atoms with Crippen molar-refractivity contribution in [2.45, 2.75) is 44.6 Å². The second-order valence-corrected chi connectivity index (χ2v) is 5.80. The van der Waals surface area contributed by atoms with Crippen LogP contribution in [0.15, 0.2) is 18.2 Å². The number of aromatic nitrogens is 2. The van der Waals surface area contributed by atoms with Gasteiger partial charge < -0.3 is 9.67 Å². The number of aliphatic carboxylic acids is 1. The Morgan fingerprint density at radius 3 is 2.90 bits per heavy atom. The molecule has 3 rings (SSSR count). The molecule has 2 aromatic rings. The van der Waals surface area contributed by atoms with Gasteiger partial charge in [0.1, 0.15) is 5.82 Å². The van der Waals surface area contributed by atoms with E-state index in [1.807, 2.05) is 18.2 Å². The van der Waals surface area contributed by atoms with Crippen LogP contribution in [0.3, 0.4) is 0 Å². The molecule has 0 aliphatic heterocycles. The van der Waals surface area contributed by atoms with E-state index < -0.39 is 5.97 Å². The van der Waals surface area contributed by atoms with Crippen molar-refractivity contribution < 1.29 is 9.90 Å². The summed E-state index contributed by atoms with van der Waals surface area (Å²) in [6, 6.07) is 6.40. The van der Waals surface area contributed by atoms with Gasteiger partial charge in [0, 0.05) is 23.9 Å². The average Bonchev–Trinajstić information content (AvgIpc) is 3.16. The molecule has 0 spiro atoms. The Morgan fingerprint density at radius 1 is 1.40 bits per heavy atom. The molecule has 1 heterocycles. The number of hydrogen-bond acceptors (Lipinski definition) is 2. The number of unbranched alkanes of at least 4 members (excludes halogenated alkanes) is 1. The molecule has 1 aromatic heterocycles. The summed E-state index contributed by atoms with van der Waals surface area (Å²) in [6.07, 6.45) is 5.03. The second kappa shape index (κ2) is 5.44. The number of imidazole rings is 1. The summed E-state index contributed by atoms with van der Waals surface area (Å²) < 4.78 is 2.31. The third kappa shape index (κ3) is 2.80. The van der Waals surface area contributed by atoms with Crippen LogP contribution in [0, 0.1) is 0 Å². The van der Waals surface area contributed by atoms with Crippen molar-refractivity contribution in [3.63, 3.8) is 0 Å². The zero-order chi connectivity index (χ0) is 14.1. The van der Waals surface area contributed by atoms with Crippen LogP contribution in [0.4, 0.5) is 0 Å². The van der Waals surface area contributed by atoms with Gasteiger partial charge in [-0.3, -0.25) is 4.79 Å². The van der Waals surface area contributed by atoms with Crippen LogP contribution in [0.1, 0.15) is 44.0 Å². The quantitative estimate of drug-likeness (QED) is 0.823. The molecule has 20 heavy (non-hydrogen) atoms. The van der Waals surface area contributed by atoms with Gasteiger partial charge in [-0.1, -0.05) is 11.6 Å². The summed E-state index contributed by atoms with van der Waals surface area (Å²) in [5.41, 5.74) is 2.09. The second-order valence-electron chi connectivity index (χ2n) is 5.36. The number of hydrogen-bond donors (Lipinski definition) is 1. The standard InChI is InChI=1S/C15H17ClN2O2/c16-10-5-8-13-12(9-10)17-14(18(13)11-6-7-11)3-1-2-4-15(19)20/h5,8-9,11H,1-4,6-7H2,(H,19,20). The van der Waals surface area contributed by atoms with Gasteiger partial charge in [0.2, 0.25) is 0 Å². The Hall–Kier alpha value is -1.55. The highest BCUT2D eigenvalue weighted by Gasteiger charge is 2.27. The van der Waals surface area contributed by atoms with Gasteiger partial charge in [-0.05, 0) is 43.9 Å². The molecule has 0 atom stereocenters. The Kier molecular flexibility index (Phi) is 3.66. The minimum absolute atomic E-state index is 0.232. The van der Waals surface area contributed by atoms with Crippen LogP contribution in [0.2, 0.25) is 5.02 Å². The number of carbonyl (C=O) groups is 1. The third-order valence-electron chi connectivity index (χ3n) is 3.68. The first kappa shape index (κ1) is 13.4. The molecule has 106 valence electrons. The minimum Gasteiger partial charge on any atom is -0.481 e. The first-order valence-electron chi connectivity index (χ1n) is 7.03. The van der Waals surface area contributed by atoms with Crippen molar-refractivity contribution in [3.05, 3.63) is 29.0 Å². The fourth-order valence-electron chi connectivity index (χ4n) is 2.60. The Balaban J connectivity index is 1.82. The van der Waals surface area contributed by atoms with E-state index in [1.165, 1.54) is 12.8 Å². The molecule has 0 saturated heterocycles. The summed E-state index contributed by atoms with van der Waals surface area (Å²) in [5.74, 6) is 0.336. The lowest BCUT2D eigenvalue weighted by molar-refractivity contribution is -0.137. The smallest absolute Gasteiger partial charge is 0.303 e. The zero-order valence-corrected chi connectivity index (χ0v) is 11.9. The number of rotatable bonds is 6. The summed E-state index contributed by atoms with van der Waals surface area (Å²) in [5, 5.41) is 9.38. The van der Waals surface area contributed by atoms with E-state index in [0.717, 1.165) is 29.7 Å². The number of halogens is 1. The molecular weight excluding hydrogens is 276 g/mol. The fraction of sp³-hybridized carbons (Fsp3) is 0.467. The van der Waals surface area contributed by atoms with Crippen LogP contribution in [0.25, 0.3) is 11.0 Å². The number of carboxylic acid groups (broad SMARTS) is 1. The highest BCUT2D eigenvalue weighted by molar-refractivity contribution is 6.31. The Bertz CT molecular complexity index is 647. The average molecular weight is 293 g/mol. The molecule has 0 radical (unpaired) electrons. The van der Waals surface area contributed by atoms with Crippen LogP contribution >= 0.6 is 11.6 Å². The normalized spacial score (nSPS) is 14.8. The fourth-order valence-corrected chi connectivity index (χ4v) is 2.76. The van der Waals surface area contributed by atoms with Crippen molar-refractivity contribution in [2.24, 2.45) is 0 Å². The van der Waals surface area contributed by atoms with E-state index in [4.69, 9.17) is 16.7 Å². The van der Waals surface area contributed by atoms with Gasteiger partial charge in [-0.15, -0.1) is 0 Å². The SMILES string of the molecule is O=C(O)CCCCc1nc2cc(Cl)ccc2n1C1CC1. The number of fused-ring (bicyclic) bond motifs is 1. The number of nitrogens with zero attached hydrogens (tertiary/aromatic N) is 2. The van der Waals surface area contributed by atoms with Gasteiger partial charge in [0.05, 0.1) is 11.0 Å². The van der Waals surface area contributed by atoms with Crippen molar-refractivity contribution in [1.82, 2.24) is 9.55 Å². The molecule has 1 aliphatic carbocycles. The molecule has 0 amide bonds. The molecular formula is C15H17ClN2O2. The summed E-state index contributed by atoms with van der Waals surface area (Å²) in [4.78, 5) is 15.2. The molecule has 1 aromatic carbocycles. The lowest BCUT2D eigenvalue weighted by Gasteiger charge is -2.07. The first-order chi connectivity index (χ1) is 9.65. The minimum atomic E-state index is -0.729. The highest BCUT2D eigenvalue weighted by atomic mass is 35.5. The zero-order valence-electron chi connectivity index (χ0n) is 11.2. The molecule has 4 nitrogen and oxygen atoms in total. The maximum absolute atomic E-state index is 10.5. The molecule has 5 heteroatoms. The van der Waals surface area contributed by atoms with Crippen molar-refractivity contribution in [1.29, 1.82) is 0 Å². The van der Waals surface area contributed by atoms with E-state index >= 15 is 0 Å². The van der Waals surface area contributed by atoms with E-state index in [9.17, 15) is 4.79 Å². The summed E-state index contributed by atoms with van der Waals surface area (Å²) >= 11 is 6.02. The predicted octanol–water partition coefficient (Wildman–Crippen LogP) is 3.82. The number of aryl methyl sites for hydroxylation is 1. The lowest BCUT2D eigenvalue weighted by atomic mass is 10.2. The Morgan fingerprint density at radius 2 is 2.20 bits per heavy atom. The Labute approximate surface area is 122 Å². The maximum Gasteiger partial charge on any atom is 0.303 e.